The molecular weight excluding hydrogens is 508 g/mol. The highest BCUT2D eigenvalue weighted by Crippen LogP contribution is 2.75. The average Bonchev–Trinajstić information content (AvgIpc) is 2.94. The Hall–Kier alpha value is -1.65. The third kappa shape index (κ3) is 4.09. The molecule has 1 aromatic rings. The van der Waals surface area contributed by atoms with Gasteiger partial charge in [0.25, 0.3) is 0 Å². The second-order valence-electron chi connectivity index (χ2n) is 16.7. The van der Waals surface area contributed by atoms with Crippen LogP contribution in [0.3, 0.4) is 0 Å². The predicted molar refractivity (Wildman–Crippen MR) is 163 cm³/mol. The van der Waals surface area contributed by atoms with E-state index in [2.05, 4.69) is 47.6 Å². The molecule has 4 heteroatoms. The zero-order valence-corrected chi connectivity index (χ0v) is 26.5. The van der Waals surface area contributed by atoms with E-state index in [1.807, 2.05) is 30.3 Å². The molecule has 5 aliphatic carbocycles. The molecule has 6 rings (SSSR count). The predicted octanol–water partition coefficient (Wildman–Crippen LogP) is 7.86. The molecule has 41 heavy (non-hydrogen) atoms. The molecule has 0 aliphatic heterocycles. The van der Waals surface area contributed by atoms with Crippen molar-refractivity contribution in [3.05, 3.63) is 47.5 Å². The van der Waals surface area contributed by atoms with E-state index < -0.39 is 16.9 Å². The first-order valence-corrected chi connectivity index (χ1v) is 16.5. The van der Waals surface area contributed by atoms with Crippen molar-refractivity contribution in [2.24, 2.45) is 50.2 Å². The van der Waals surface area contributed by atoms with E-state index in [1.165, 1.54) is 0 Å². The van der Waals surface area contributed by atoms with E-state index in [1.54, 1.807) is 5.57 Å². The molecule has 0 heterocycles. The number of aliphatic hydroxyl groups is 2. The lowest BCUT2D eigenvalue weighted by molar-refractivity contribution is -0.217. The molecule has 0 amide bonds. The summed E-state index contributed by atoms with van der Waals surface area (Å²) in [7, 11) is 0. The Bertz CT molecular complexity index is 1200. The summed E-state index contributed by atoms with van der Waals surface area (Å²) in [6.07, 6.45) is 12.1. The molecule has 1 aromatic carbocycles. The van der Waals surface area contributed by atoms with Crippen LogP contribution in [0.15, 0.2) is 42.0 Å². The molecule has 0 bridgehead atoms. The summed E-state index contributed by atoms with van der Waals surface area (Å²) in [6.45, 7) is 14.9. The Kier molecular flexibility index (Phi) is 6.95. The third-order valence-corrected chi connectivity index (χ3v) is 14.4. The molecule has 4 saturated carbocycles. The summed E-state index contributed by atoms with van der Waals surface area (Å²) >= 11 is 0. The molecule has 226 valence electrons. The highest BCUT2D eigenvalue weighted by molar-refractivity contribution is 5.79. The standard InChI is InChI=1S/C37H54O4/c1-32(2)18-20-37(31(40)41-23-25-10-8-7-9-11-25)21-19-35(5)26(27(37)22-32)12-13-29-33(3)16-15-30(39)34(4,24-38)28(33)14-17-36(29,35)6/h7-12,27-30,38-39H,13-24H2,1-6H3/t27-,28+,29?,30-,33-,34-,35+,36+,37-/m0/s1. The number of allylic oxidation sites excluding steroid dienone is 2. The highest BCUT2D eigenvalue weighted by atomic mass is 16.5. The number of hydrogen-bond acceptors (Lipinski definition) is 4. The minimum absolute atomic E-state index is 0.0210. The van der Waals surface area contributed by atoms with Gasteiger partial charge in [-0.3, -0.25) is 4.79 Å². The SMILES string of the molecule is CC1(C)CC[C@]2(C(=O)OCc3ccccc3)CC[C@]3(C)C(=CCC4[C@@]5(C)CC[C@H](O)[C@@](C)(CO)[C@@H]5CC[C@]43C)[C@@H]2C1. The van der Waals surface area contributed by atoms with Crippen molar-refractivity contribution >= 4 is 5.97 Å². The van der Waals surface area contributed by atoms with Crippen molar-refractivity contribution in [3.8, 4) is 0 Å². The molecule has 0 aromatic heterocycles. The van der Waals surface area contributed by atoms with Crippen LogP contribution in [0.5, 0.6) is 0 Å². The van der Waals surface area contributed by atoms with Gasteiger partial charge in [-0.15, -0.1) is 0 Å². The van der Waals surface area contributed by atoms with Crippen LogP contribution in [0.2, 0.25) is 0 Å². The number of carbonyl (C=O) groups excluding carboxylic acids is 1. The lowest BCUT2D eigenvalue weighted by Crippen LogP contribution is -2.66. The largest absolute Gasteiger partial charge is 0.460 e. The summed E-state index contributed by atoms with van der Waals surface area (Å²) in [5.41, 5.74) is 2.20. The molecule has 0 saturated heterocycles. The molecule has 4 nitrogen and oxygen atoms in total. The first-order valence-electron chi connectivity index (χ1n) is 16.5. The van der Waals surface area contributed by atoms with Crippen molar-refractivity contribution in [1.29, 1.82) is 0 Å². The maximum atomic E-state index is 14.2. The molecule has 2 N–H and O–H groups in total. The fraction of sp³-hybridized carbons (Fsp3) is 0.757. The third-order valence-electron chi connectivity index (χ3n) is 14.4. The van der Waals surface area contributed by atoms with Crippen LogP contribution in [0.25, 0.3) is 0 Å². The molecule has 4 fully saturated rings. The van der Waals surface area contributed by atoms with Gasteiger partial charge in [0.15, 0.2) is 0 Å². The highest BCUT2D eigenvalue weighted by Gasteiger charge is 2.69. The molecule has 5 aliphatic rings. The Morgan fingerprint density at radius 3 is 2.32 bits per heavy atom. The lowest BCUT2D eigenvalue weighted by Gasteiger charge is -2.71. The van der Waals surface area contributed by atoms with Gasteiger partial charge in [-0.25, -0.2) is 0 Å². The number of benzene rings is 1. The van der Waals surface area contributed by atoms with Gasteiger partial charge in [0, 0.05) is 5.41 Å². The topological polar surface area (TPSA) is 66.8 Å². The van der Waals surface area contributed by atoms with Gasteiger partial charge < -0.3 is 14.9 Å². The summed E-state index contributed by atoms with van der Waals surface area (Å²) in [4.78, 5) is 14.2. The zero-order chi connectivity index (χ0) is 29.5. The molecule has 9 atom stereocenters. The minimum Gasteiger partial charge on any atom is -0.460 e. The van der Waals surface area contributed by atoms with Crippen molar-refractivity contribution in [1.82, 2.24) is 0 Å². The zero-order valence-electron chi connectivity index (χ0n) is 26.5. The maximum Gasteiger partial charge on any atom is 0.313 e. The van der Waals surface area contributed by atoms with E-state index in [0.717, 1.165) is 69.8 Å². The smallest absolute Gasteiger partial charge is 0.313 e. The molecule has 0 spiro atoms. The van der Waals surface area contributed by atoms with E-state index in [4.69, 9.17) is 4.74 Å². The summed E-state index contributed by atoms with van der Waals surface area (Å²) in [6, 6.07) is 10.1. The summed E-state index contributed by atoms with van der Waals surface area (Å²) in [5, 5.41) is 21.6. The first kappa shape index (κ1) is 29.4. The quantitative estimate of drug-likeness (QED) is 0.290. The number of carbonyl (C=O) groups is 1. The lowest BCUT2D eigenvalue weighted by atomic mass is 9.33. The number of fused-ring (bicyclic) bond motifs is 7. The van der Waals surface area contributed by atoms with Crippen LogP contribution >= 0.6 is 0 Å². The Labute approximate surface area is 248 Å². The summed E-state index contributed by atoms with van der Waals surface area (Å²) in [5.74, 6) is 1.08. The van der Waals surface area contributed by atoms with E-state index >= 15 is 0 Å². The Morgan fingerprint density at radius 2 is 1.61 bits per heavy atom. The Morgan fingerprint density at radius 1 is 0.902 bits per heavy atom. The molecule has 0 radical (unpaired) electrons. The minimum atomic E-state index is -0.434. The van der Waals surface area contributed by atoms with Crippen LogP contribution in [0.4, 0.5) is 0 Å². The number of aliphatic hydroxyl groups excluding tert-OH is 2. The number of esters is 1. The normalized spacial score (nSPS) is 46.7. The van der Waals surface area contributed by atoms with Gasteiger partial charge in [0.1, 0.15) is 6.61 Å². The second-order valence-corrected chi connectivity index (χ2v) is 16.7. The number of rotatable bonds is 4. The van der Waals surface area contributed by atoms with Gasteiger partial charge in [0.2, 0.25) is 0 Å². The first-order chi connectivity index (χ1) is 19.3. The Balaban J connectivity index is 1.36. The van der Waals surface area contributed by atoms with Gasteiger partial charge in [0.05, 0.1) is 18.1 Å². The van der Waals surface area contributed by atoms with Crippen LogP contribution in [-0.2, 0) is 16.1 Å². The number of hydrogen-bond donors (Lipinski definition) is 2. The monoisotopic (exact) mass is 562 g/mol. The van der Waals surface area contributed by atoms with E-state index in [0.29, 0.717) is 18.4 Å². The van der Waals surface area contributed by atoms with Crippen LogP contribution < -0.4 is 0 Å². The van der Waals surface area contributed by atoms with Crippen LogP contribution in [0.1, 0.15) is 111 Å². The number of ether oxygens (including phenoxy) is 1. The summed E-state index contributed by atoms with van der Waals surface area (Å²) < 4.78 is 6.16. The van der Waals surface area contributed by atoms with Crippen molar-refractivity contribution in [3.63, 3.8) is 0 Å². The van der Waals surface area contributed by atoms with Gasteiger partial charge in [-0.2, -0.15) is 0 Å². The molecular formula is C37H54O4. The van der Waals surface area contributed by atoms with E-state index in [-0.39, 0.29) is 40.2 Å². The molecule has 1 unspecified atom stereocenters. The van der Waals surface area contributed by atoms with Gasteiger partial charge in [-0.1, -0.05) is 83.5 Å². The second kappa shape index (κ2) is 9.68. The van der Waals surface area contributed by atoms with Gasteiger partial charge in [-0.05, 0) is 109 Å². The van der Waals surface area contributed by atoms with Crippen LogP contribution in [0, 0.1) is 50.2 Å². The van der Waals surface area contributed by atoms with Crippen molar-refractivity contribution < 1.29 is 19.7 Å². The van der Waals surface area contributed by atoms with Gasteiger partial charge >= 0.3 is 5.97 Å². The van der Waals surface area contributed by atoms with Crippen molar-refractivity contribution in [2.75, 3.05) is 6.61 Å². The fourth-order valence-corrected chi connectivity index (χ4v) is 11.5. The maximum absolute atomic E-state index is 14.2. The van der Waals surface area contributed by atoms with Crippen molar-refractivity contribution in [2.45, 2.75) is 118 Å². The van der Waals surface area contributed by atoms with E-state index in [9.17, 15) is 15.0 Å². The van der Waals surface area contributed by atoms with Crippen LogP contribution in [-0.4, -0.2) is 28.9 Å². The average molecular weight is 563 g/mol. The fourth-order valence-electron chi connectivity index (χ4n) is 11.5.